The normalized spacial score (nSPS) is 16.9. The molecule has 1 aromatic carbocycles. The predicted molar refractivity (Wildman–Crippen MR) is 103 cm³/mol. The zero-order valence-corrected chi connectivity index (χ0v) is 14.8. The van der Waals surface area contributed by atoms with Gasteiger partial charge in [-0.25, -0.2) is 10.5 Å². The lowest BCUT2D eigenvalue weighted by atomic mass is 9.99. The van der Waals surface area contributed by atoms with Gasteiger partial charge in [-0.1, -0.05) is 36.4 Å². The summed E-state index contributed by atoms with van der Waals surface area (Å²) in [6.45, 7) is 1.47. The van der Waals surface area contributed by atoms with E-state index >= 15 is 0 Å². The molecular formula is C21H21N3O3. The number of pyridine rings is 1. The van der Waals surface area contributed by atoms with Crippen LogP contribution in [0, 0.1) is 0 Å². The van der Waals surface area contributed by atoms with Gasteiger partial charge in [0, 0.05) is 31.2 Å². The lowest BCUT2D eigenvalue weighted by Gasteiger charge is -2.14. The third-order valence-corrected chi connectivity index (χ3v) is 4.48. The van der Waals surface area contributed by atoms with Gasteiger partial charge in [0.2, 0.25) is 5.91 Å². The Kier molecular flexibility index (Phi) is 6.12. The molecule has 6 heteroatoms. The van der Waals surface area contributed by atoms with E-state index in [9.17, 15) is 9.59 Å². The van der Waals surface area contributed by atoms with Crippen LogP contribution >= 0.6 is 0 Å². The first-order valence-electron chi connectivity index (χ1n) is 8.77. The number of aromatic nitrogens is 1. The number of nitrogens with one attached hydrogen (secondary N) is 1. The molecule has 0 saturated carbocycles. The Hall–Kier alpha value is -3.25. The number of amides is 2. The molecule has 0 radical (unpaired) electrons. The van der Waals surface area contributed by atoms with E-state index in [-0.39, 0.29) is 5.91 Å². The van der Waals surface area contributed by atoms with Gasteiger partial charge in [-0.15, -0.1) is 0 Å². The monoisotopic (exact) mass is 363 g/mol. The lowest BCUT2D eigenvalue weighted by molar-refractivity contribution is -0.125. The Balaban J connectivity index is 1.60. The first-order valence-corrected chi connectivity index (χ1v) is 8.77. The third kappa shape index (κ3) is 5.12. The maximum Gasteiger partial charge on any atom is 0.267 e. The van der Waals surface area contributed by atoms with Gasteiger partial charge in [-0.05, 0) is 36.3 Å². The van der Waals surface area contributed by atoms with Crippen LogP contribution in [-0.4, -0.2) is 40.0 Å². The molecule has 1 atom stereocenters. The van der Waals surface area contributed by atoms with Gasteiger partial charge in [0.25, 0.3) is 5.91 Å². The van der Waals surface area contributed by atoms with Gasteiger partial charge in [0.1, 0.15) is 0 Å². The first-order chi connectivity index (χ1) is 13.2. The van der Waals surface area contributed by atoms with Gasteiger partial charge >= 0.3 is 0 Å². The Morgan fingerprint density at radius 3 is 2.44 bits per heavy atom. The number of carbonyl (C=O) groups is 2. The molecule has 1 aliphatic rings. The number of carbonyl (C=O) groups excluding carboxylic acids is 2. The minimum absolute atomic E-state index is 0.0316. The molecule has 2 aromatic rings. The number of hydroxylamine groups is 1. The van der Waals surface area contributed by atoms with Gasteiger partial charge in [-0.2, -0.15) is 0 Å². The molecule has 1 fully saturated rings. The van der Waals surface area contributed by atoms with Crippen molar-refractivity contribution in [2.45, 2.75) is 12.3 Å². The van der Waals surface area contributed by atoms with Crippen LogP contribution in [0.2, 0.25) is 0 Å². The van der Waals surface area contributed by atoms with Crippen molar-refractivity contribution in [3.63, 3.8) is 0 Å². The Bertz CT molecular complexity index is 862. The highest BCUT2D eigenvalue weighted by Gasteiger charge is 2.25. The van der Waals surface area contributed by atoms with Crippen LogP contribution in [0.5, 0.6) is 0 Å². The van der Waals surface area contributed by atoms with Crippen LogP contribution < -0.4 is 5.48 Å². The van der Waals surface area contributed by atoms with E-state index in [1.165, 1.54) is 29.3 Å². The molecule has 138 valence electrons. The van der Waals surface area contributed by atoms with Crippen LogP contribution in [0.4, 0.5) is 0 Å². The van der Waals surface area contributed by atoms with Crippen molar-refractivity contribution in [1.29, 1.82) is 0 Å². The minimum Gasteiger partial charge on any atom is -0.339 e. The van der Waals surface area contributed by atoms with Crippen LogP contribution in [-0.2, 0) is 9.59 Å². The SMILES string of the molecule is O=C(C=Cc1cccc(C=CC(=O)N2CCC(c3ccccc3)C2)n1)NO. The van der Waals surface area contributed by atoms with E-state index in [0.717, 1.165) is 19.5 Å². The van der Waals surface area contributed by atoms with E-state index < -0.39 is 5.91 Å². The number of benzene rings is 1. The average Bonchev–Trinajstić information content (AvgIpc) is 3.21. The average molecular weight is 363 g/mol. The predicted octanol–water partition coefficient (Wildman–Crippen LogP) is 2.63. The van der Waals surface area contributed by atoms with E-state index in [1.54, 1.807) is 24.3 Å². The molecule has 1 aromatic heterocycles. The number of hydrogen-bond acceptors (Lipinski definition) is 4. The minimum atomic E-state index is -0.630. The summed E-state index contributed by atoms with van der Waals surface area (Å²) in [5, 5.41) is 8.48. The van der Waals surface area contributed by atoms with Crippen LogP contribution in [0.15, 0.2) is 60.7 Å². The standard InChI is InChI=1S/C21H21N3O3/c25-20(23-27)11-9-18-7-4-8-19(22-18)10-12-21(26)24-14-13-17(15-24)16-5-2-1-3-6-16/h1-12,17,27H,13-15H2,(H,23,25). The van der Waals surface area contributed by atoms with Crippen molar-refractivity contribution < 1.29 is 14.8 Å². The van der Waals surface area contributed by atoms with Gasteiger partial charge in [0.05, 0.1) is 11.4 Å². The van der Waals surface area contributed by atoms with Crippen molar-refractivity contribution >= 4 is 24.0 Å². The summed E-state index contributed by atoms with van der Waals surface area (Å²) < 4.78 is 0. The summed E-state index contributed by atoms with van der Waals surface area (Å²) in [7, 11) is 0. The van der Waals surface area contributed by atoms with Gasteiger partial charge in [-0.3, -0.25) is 14.8 Å². The van der Waals surface area contributed by atoms with Crippen molar-refractivity contribution in [2.75, 3.05) is 13.1 Å². The fourth-order valence-corrected chi connectivity index (χ4v) is 3.07. The maximum atomic E-state index is 12.5. The second-order valence-corrected chi connectivity index (χ2v) is 6.31. The van der Waals surface area contributed by atoms with Crippen LogP contribution in [0.3, 0.4) is 0 Å². The van der Waals surface area contributed by atoms with E-state index in [0.29, 0.717) is 17.3 Å². The van der Waals surface area contributed by atoms with Crippen LogP contribution in [0.25, 0.3) is 12.2 Å². The fourth-order valence-electron chi connectivity index (χ4n) is 3.07. The van der Waals surface area contributed by atoms with Crippen molar-refractivity contribution in [2.24, 2.45) is 0 Å². The molecule has 2 N–H and O–H groups in total. The number of rotatable bonds is 5. The van der Waals surface area contributed by atoms with Crippen LogP contribution in [0.1, 0.15) is 29.3 Å². The highest BCUT2D eigenvalue weighted by atomic mass is 16.5. The Labute approximate surface area is 157 Å². The summed E-state index contributed by atoms with van der Waals surface area (Å²) in [6.07, 6.45) is 6.82. The number of hydrogen-bond donors (Lipinski definition) is 2. The molecule has 1 saturated heterocycles. The second kappa shape index (κ2) is 8.91. The molecular weight excluding hydrogens is 342 g/mol. The molecule has 2 amide bonds. The third-order valence-electron chi connectivity index (χ3n) is 4.48. The smallest absolute Gasteiger partial charge is 0.267 e. The molecule has 1 unspecified atom stereocenters. The highest BCUT2D eigenvalue weighted by molar-refractivity contribution is 5.92. The van der Waals surface area contributed by atoms with Crippen molar-refractivity contribution in [3.05, 3.63) is 77.6 Å². The number of likely N-dealkylation sites (tertiary alicyclic amines) is 1. The summed E-state index contributed by atoms with van der Waals surface area (Å²) in [5.41, 5.74) is 3.96. The lowest BCUT2D eigenvalue weighted by Crippen LogP contribution is -2.26. The first kappa shape index (κ1) is 18.5. The molecule has 1 aliphatic heterocycles. The summed E-state index contributed by atoms with van der Waals surface area (Å²) in [5.74, 6) is -0.279. The zero-order chi connectivity index (χ0) is 19.1. The van der Waals surface area contributed by atoms with Crippen molar-refractivity contribution in [3.8, 4) is 0 Å². The summed E-state index contributed by atoms with van der Waals surface area (Å²) in [6, 6.07) is 15.6. The molecule has 3 rings (SSSR count). The fraction of sp³-hybridized carbons (Fsp3) is 0.190. The van der Waals surface area contributed by atoms with Gasteiger partial charge < -0.3 is 4.90 Å². The Morgan fingerprint density at radius 1 is 1.04 bits per heavy atom. The largest absolute Gasteiger partial charge is 0.339 e. The maximum absolute atomic E-state index is 12.5. The second-order valence-electron chi connectivity index (χ2n) is 6.31. The molecule has 2 heterocycles. The highest BCUT2D eigenvalue weighted by Crippen LogP contribution is 2.27. The molecule has 27 heavy (non-hydrogen) atoms. The van der Waals surface area contributed by atoms with Crippen molar-refractivity contribution in [1.82, 2.24) is 15.4 Å². The van der Waals surface area contributed by atoms with E-state index in [4.69, 9.17) is 5.21 Å². The molecule has 0 spiro atoms. The summed E-state index contributed by atoms with van der Waals surface area (Å²) in [4.78, 5) is 29.7. The zero-order valence-electron chi connectivity index (χ0n) is 14.8. The topological polar surface area (TPSA) is 82.5 Å². The van der Waals surface area contributed by atoms with Gasteiger partial charge in [0.15, 0.2) is 0 Å². The Morgan fingerprint density at radius 2 is 1.74 bits per heavy atom. The summed E-state index contributed by atoms with van der Waals surface area (Å²) >= 11 is 0. The quantitative estimate of drug-likeness (QED) is 0.486. The number of nitrogens with zero attached hydrogens (tertiary/aromatic N) is 2. The van der Waals surface area contributed by atoms with E-state index in [2.05, 4.69) is 17.1 Å². The molecule has 0 bridgehead atoms. The van der Waals surface area contributed by atoms with E-state index in [1.807, 2.05) is 23.1 Å². The molecule has 6 nitrogen and oxygen atoms in total. The molecule has 0 aliphatic carbocycles.